The summed E-state index contributed by atoms with van der Waals surface area (Å²) >= 11 is 0. The Hall–Kier alpha value is -1.30. The predicted molar refractivity (Wildman–Crippen MR) is 68.4 cm³/mol. The minimum Gasteiger partial charge on any atom is -0.462 e. The van der Waals surface area contributed by atoms with Gasteiger partial charge in [-0.2, -0.15) is 0 Å². The number of hydrogen-bond donors (Lipinski definition) is 1. The highest BCUT2D eigenvalue weighted by Crippen LogP contribution is 2.17. The van der Waals surface area contributed by atoms with E-state index in [0.29, 0.717) is 18.9 Å². The highest BCUT2D eigenvalue weighted by Gasteiger charge is 2.34. The number of nitrogens with two attached hydrogens (primary N) is 1. The molecule has 1 aliphatic heterocycles. The van der Waals surface area contributed by atoms with Crippen molar-refractivity contribution in [1.29, 1.82) is 0 Å². The molecule has 1 rings (SSSR count). The summed E-state index contributed by atoms with van der Waals surface area (Å²) in [6.07, 6.45) is -0.430. The van der Waals surface area contributed by atoms with Crippen LogP contribution in [0.2, 0.25) is 0 Å². The summed E-state index contributed by atoms with van der Waals surface area (Å²) < 4.78 is 14.8. The fourth-order valence-corrected chi connectivity index (χ4v) is 2.04. The maximum atomic E-state index is 11.7. The average Bonchev–Trinajstić information content (AvgIpc) is 2.63. The molecule has 1 aliphatic rings. The zero-order chi connectivity index (χ0) is 14.4. The van der Waals surface area contributed by atoms with Gasteiger partial charge < -0.3 is 19.9 Å². The monoisotopic (exact) mass is 273 g/mol. The van der Waals surface area contributed by atoms with Crippen LogP contribution in [0.25, 0.3) is 0 Å². The first-order valence-electron chi connectivity index (χ1n) is 6.65. The first-order chi connectivity index (χ1) is 8.92. The van der Waals surface area contributed by atoms with Crippen molar-refractivity contribution in [3.05, 3.63) is 0 Å². The number of carbonyl (C=O) groups is 2. The van der Waals surface area contributed by atoms with Crippen LogP contribution >= 0.6 is 0 Å². The average molecular weight is 273 g/mol. The minimum atomic E-state index is -0.715. The van der Waals surface area contributed by atoms with Gasteiger partial charge in [0.1, 0.15) is 12.7 Å². The van der Waals surface area contributed by atoms with Gasteiger partial charge in [0, 0.05) is 6.42 Å². The Morgan fingerprint density at radius 2 is 2.11 bits per heavy atom. The number of rotatable bonds is 7. The molecule has 0 aliphatic carbocycles. The molecular weight excluding hydrogens is 250 g/mol. The van der Waals surface area contributed by atoms with E-state index < -0.39 is 12.3 Å². The molecule has 0 aromatic rings. The molecule has 110 valence electrons. The number of cyclic esters (lactones) is 2. The molecule has 0 aromatic heterocycles. The first kappa shape index (κ1) is 15.8. The second kappa shape index (κ2) is 7.33. The van der Waals surface area contributed by atoms with Crippen molar-refractivity contribution in [3.8, 4) is 0 Å². The van der Waals surface area contributed by atoms with Gasteiger partial charge >= 0.3 is 12.1 Å². The summed E-state index contributed by atoms with van der Waals surface area (Å²) in [5, 5.41) is 0. The molecule has 1 fully saturated rings. The summed E-state index contributed by atoms with van der Waals surface area (Å²) in [5.74, 6) is 0.309. The van der Waals surface area contributed by atoms with E-state index in [9.17, 15) is 9.59 Å². The van der Waals surface area contributed by atoms with Crippen LogP contribution < -0.4 is 5.73 Å². The summed E-state index contributed by atoms with van der Waals surface area (Å²) in [4.78, 5) is 22.5. The Bertz CT molecular complexity index is 318. The van der Waals surface area contributed by atoms with Gasteiger partial charge in [0.05, 0.1) is 0 Å². The SMILES string of the molecule is CC(C)CC(CN)CC(=O)OCC1OC(=O)OC1C. The largest absolute Gasteiger partial charge is 0.509 e. The molecule has 3 unspecified atom stereocenters. The van der Waals surface area contributed by atoms with Crippen LogP contribution in [-0.4, -0.2) is 37.5 Å². The zero-order valence-corrected chi connectivity index (χ0v) is 11.8. The standard InChI is InChI=1S/C13H23NO5/c1-8(2)4-10(6-14)5-12(15)17-7-11-9(3)18-13(16)19-11/h8-11H,4-7,14H2,1-3H3. The fraction of sp³-hybridized carbons (Fsp3) is 0.846. The van der Waals surface area contributed by atoms with Gasteiger partial charge in [0.25, 0.3) is 0 Å². The van der Waals surface area contributed by atoms with E-state index in [0.717, 1.165) is 6.42 Å². The molecule has 0 amide bonds. The molecular formula is C13H23NO5. The van der Waals surface area contributed by atoms with E-state index in [2.05, 4.69) is 13.8 Å². The molecule has 0 spiro atoms. The molecule has 2 N–H and O–H groups in total. The molecule has 0 radical (unpaired) electrons. The number of hydrogen-bond acceptors (Lipinski definition) is 6. The molecule has 1 heterocycles. The van der Waals surface area contributed by atoms with Crippen molar-refractivity contribution >= 4 is 12.1 Å². The van der Waals surface area contributed by atoms with Crippen molar-refractivity contribution in [2.24, 2.45) is 17.6 Å². The highest BCUT2D eigenvalue weighted by atomic mass is 16.8. The van der Waals surface area contributed by atoms with E-state index in [1.165, 1.54) is 0 Å². The van der Waals surface area contributed by atoms with Crippen LogP contribution in [0.1, 0.15) is 33.6 Å². The van der Waals surface area contributed by atoms with Crippen LogP contribution in [0.3, 0.4) is 0 Å². The van der Waals surface area contributed by atoms with Gasteiger partial charge in [0.15, 0.2) is 6.10 Å². The van der Waals surface area contributed by atoms with Crippen LogP contribution in [0.5, 0.6) is 0 Å². The molecule has 19 heavy (non-hydrogen) atoms. The third-order valence-electron chi connectivity index (χ3n) is 3.06. The molecule has 3 atom stereocenters. The molecule has 1 saturated heterocycles. The van der Waals surface area contributed by atoms with E-state index in [1.807, 2.05) is 0 Å². The second-order valence-electron chi connectivity index (χ2n) is 5.35. The maximum absolute atomic E-state index is 11.7. The van der Waals surface area contributed by atoms with E-state index in [4.69, 9.17) is 19.9 Å². The van der Waals surface area contributed by atoms with Gasteiger partial charge in [-0.05, 0) is 31.7 Å². The molecule has 6 nitrogen and oxygen atoms in total. The van der Waals surface area contributed by atoms with Gasteiger partial charge in [-0.1, -0.05) is 13.8 Å². The van der Waals surface area contributed by atoms with Crippen molar-refractivity contribution in [2.75, 3.05) is 13.2 Å². The lowest BCUT2D eigenvalue weighted by molar-refractivity contribution is -0.147. The third kappa shape index (κ3) is 5.46. The predicted octanol–water partition coefficient (Wildman–Crippen LogP) is 1.46. The van der Waals surface area contributed by atoms with Crippen molar-refractivity contribution in [2.45, 2.75) is 45.8 Å². The van der Waals surface area contributed by atoms with E-state index >= 15 is 0 Å². The van der Waals surface area contributed by atoms with Crippen LogP contribution in [0.4, 0.5) is 4.79 Å². The summed E-state index contributed by atoms with van der Waals surface area (Å²) in [6, 6.07) is 0. The molecule has 0 bridgehead atoms. The van der Waals surface area contributed by atoms with Gasteiger partial charge in [0.2, 0.25) is 0 Å². The van der Waals surface area contributed by atoms with Crippen molar-refractivity contribution in [3.63, 3.8) is 0 Å². The fourth-order valence-electron chi connectivity index (χ4n) is 2.04. The van der Waals surface area contributed by atoms with E-state index in [1.54, 1.807) is 6.92 Å². The Morgan fingerprint density at radius 3 is 2.58 bits per heavy atom. The number of esters is 1. The first-order valence-corrected chi connectivity index (χ1v) is 6.65. The Kier molecular flexibility index (Phi) is 6.08. The van der Waals surface area contributed by atoms with Gasteiger partial charge in [-0.25, -0.2) is 4.79 Å². The third-order valence-corrected chi connectivity index (χ3v) is 3.06. The lowest BCUT2D eigenvalue weighted by Gasteiger charge is -2.17. The lowest BCUT2D eigenvalue weighted by atomic mass is 9.94. The number of carbonyl (C=O) groups excluding carboxylic acids is 2. The van der Waals surface area contributed by atoms with Crippen LogP contribution in [0.15, 0.2) is 0 Å². The van der Waals surface area contributed by atoms with Crippen LogP contribution in [-0.2, 0) is 19.0 Å². The zero-order valence-electron chi connectivity index (χ0n) is 11.8. The van der Waals surface area contributed by atoms with Crippen LogP contribution in [0, 0.1) is 11.8 Å². The second-order valence-corrected chi connectivity index (χ2v) is 5.35. The Balaban J connectivity index is 2.29. The molecule has 0 aromatic carbocycles. The van der Waals surface area contributed by atoms with Gasteiger partial charge in [-0.3, -0.25) is 4.79 Å². The maximum Gasteiger partial charge on any atom is 0.509 e. The smallest absolute Gasteiger partial charge is 0.462 e. The quantitative estimate of drug-likeness (QED) is 0.707. The normalized spacial score (nSPS) is 23.9. The summed E-state index contributed by atoms with van der Waals surface area (Å²) in [5.41, 5.74) is 5.63. The summed E-state index contributed by atoms with van der Waals surface area (Å²) in [6.45, 7) is 6.37. The Labute approximate surface area is 113 Å². The Morgan fingerprint density at radius 1 is 1.42 bits per heavy atom. The van der Waals surface area contributed by atoms with Crippen molar-refractivity contribution < 1.29 is 23.8 Å². The highest BCUT2D eigenvalue weighted by molar-refractivity contribution is 5.69. The van der Waals surface area contributed by atoms with Crippen molar-refractivity contribution in [1.82, 2.24) is 0 Å². The van der Waals surface area contributed by atoms with E-state index in [-0.39, 0.29) is 24.6 Å². The molecule has 6 heteroatoms. The molecule has 0 saturated carbocycles. The topological polar surface area (TPSA) is 87.9 Å². The lowest BCUT2D eigenvalue weighted by Crippen LogP contribution is -2.28. The minimum absolute atomic E-state index is 0.0325. The summed E-state index contributed by atoms with van der Waals surface area (Å²) in [7, 11) is 0. The van der Waals surface area contributed by atoms with Gasteiger partial charge in [-0.15, -0.1) is 0 Å². The number of ether oxygens (including phenoxy) is 3.